The highest BCUT2D eigenvalue weighted by atomic mass is 19.1. The van der Waals surface area contributed by atoms with E-state index in [0.717, 1.165) is 95.8 Å². The van der Waals surface area contributed by atoms with Crippen molar-refractivity contribution in [3.8, 4) is 11.3 Å². The largest absolute Gasteiger partial charge is 0.374 e. The summed E-state index contributed by atoms with van der Waals surface area (Å²) in [7, 11) is 0. The summed E-state index contributed by atoms with van der Waals surface area (Å²) in [6.45, 7) is 2.49. The van der Waals surface area contributed by atoms with Crippen LogP contribution in [0.15, 0.2) is 48.7 Å². The number of hydrogen-bond donors (Lipinski definition) is 4. The molecule has 3 aromatic rings. The third-order valence-electron chi connectivity index (χ3n) is 13.0. The van der Waals surface area contributed by atoms with Crippen molar-refractivity contribution >= 4 is 41.0 Å². The number of aromatic nitrogens is 2. The molecule has 14 heteroatoms. The molecule has 4 N–H and O–H groups in total. The first-order valence-electron chi connectivity index (χ1n) is 21.3. The van der Waals surface area contributed by atoms with E-state index in [2.05, 4.69) is 36.1 Å². The highest BCUT2D eigenvalue weighted by molar-refractivity contribution is 6.01. The Bertz CT molecular complexity index is 1990. The Hall–Kier alpha value is -4.98. The molecule has 1 atom stereocenters. The molecule has 1 unspecified atom stereocenters. The third kappa shape index (κ3) is 9.32. The van der Waals surface area contributed by atoms with Crippen molar-refractivity contribution in [2.45, 2.75) is 126 Å². The van der Waals surface area contributed by atoms with Gasteiger partial charge in [-0.15, -0.1) is 0 Å². The average molecular weight is 797 g/mol. The van der Waals surface area contributed by atoms with E-state index < -0.39 is 11.9 Å². The van der Waals surface area contributed by atoms with Crippen LogP contribution < -0.4 is 26.2 Å². The Labute approximate surface area is 338 Å². The van der Waals surface area contributed by atoms with Crippen molar-refractivity contribution in [2.24, 2.45) is 5.92 Å². The molecule has 4 heterocycles. The smallest absolute Gasteiger partial charge is 0.249 e. The van der Waals surface area contributed by atoms with Gasteiger partial charge in [-0.2, -0.15) is 0 Å². The molecule has 3 aliphatic heterocycles. The summed E-state index contributed by atoms with van der Waals surface area (Å²) in [5, 5.41) is 12.1. The number of halogens is 2. The van der Waals surface area contributed by atoms with E-state index in [9.17, 15) is 23.6 Å². The molecule has 5 fully saturated rings. The molecule has 58 heavy (non-hydrogen) atoms. The first-order chi connectivity index (χ1) is 28.2. The van der Waals surface area contributed by atoms with Gasteiger partial charge in [0, 0.05) is 60.4 Å². The van der Waals surface area contributed by atoms with Crippen molar-refractivity contribution < 1.29 is 28.0 Å². The number of amides is 4. The van der Waals surface area contributed by atoms with Gasteiger partial charge in [0.2, 0.25) is 29.6 Å². The maximum atomic E-state index is 15.3. The van der Waals surface area contributed by atoms with Gasteiger partial charge in [-0.1, -0.05) is 18.2 Å². The van der Waals surface area contributed by atoms with Crippen LogP contribution in [0.5, 0.6) is 0 Å². The minimum absolute atomic E-state index is 0.0394. The number of carbonyl (C=O) groups is 4. The zero-order valence-corrected chi connectivity index (χ0v) is 33.0. The number of anilines is 3. The summed E-state index contributed by atoms with van der Waals surface area (Å²) in [4.78, 5) is 62.5. The molecule has 3 saturated heterocycles. The quantitative estimate of drug-likeness (QED) is 0.170. The van der Waals surface area contributed by atoms with Crippen LogP contribution in [-0.4, -0.2) is 82.3 Å². The molecule has 12 nitrogen and oxygen atoms in total. The van der Waals surface area contributed by atoms with Gasteiger partial charge in [0.05, 0.1) is 6.20 Å². The van der Waals surface area contributed by atoms with E-state index in [4.69, 9.17) is 0 Å². The van der Waals surface area contributed by atoms with Crippen LogP contribution in [0.3, 0.4) is 0 Å². The zero-order chi connectivity index (χ0) is 40.2. The summed E-state index contributed by atoms with van der Waals surface area (Å²) >= 11 is 0. The van der Waals surface area contributed by atoms with Gasteiger partial charge in [-0.3, -0.25) is 24.5 Å². The molecule has 0 radical (unpaired) electrons. The van der Waals surface area contributed by atoms with Gasteiger partial charge in [0.25, 0.3) is 0 Å². The fourth-order valence-corrected chi connectivity index (χ4v) is 9.68. The molecule has 0 bridgehead atoms. The summed E-state index contributed by atoms with van der Waals surface area (Å²) in [6.07, 6.45) is 13.0. The molecule has 308 valence electrons. The Morgan fingerprint density at radius 3 is 2.29 bits per heavy atom. The summed E-state index contributed by atoms with van der Waals surface area (Å²) < 4.78 is 30.3. The first kappa shape index (κ1) is 39.8. The van der Waals surface area contributed by atoms with E-state index in [-0.39, 0.29) is 65.5 Å². The fraction of sp³-hybridized carbons (Fsp3) is 0.545. The molecule has 8 rings (SSSR count). The van der Waals surface area contributed by atoms with E-state index in [1.54, 1.807) is 11.0 Å². The number of imide groups is 1. The number of rotatable bonds is 10. The van der Waals surface area contributed by atoms with Gasteiger partial charge in [0.15, 0.2) is 5.82 Å². The second kappa shape index (κ2) is 17.9. The monoisotopic (exact) mass is 796 g/mol. The maximum Gasteiger partial charge on any atom is 0.249 e. The second-order valence-corrected chi connectivity index (χ2v) is 16.8. The fourth-order valence-electron chi connectivity index (χ4n) is 9.68. The van der Waals surface area contributed by atoms with Crippen molar-refractivity contribution in [1.82, 2.24) is 25.5 Å². The van der Waals surface area contributed by atoms with Crippen molar-refractivity contribution in [1.29, 1.82) is 0 Å². The highest BCUT2D eigenvalue weighted by Crippen LogP contribution is 2.35. The molecule has 1 aromatic heterocycles. The predicted octanol–water partition coefficient (Wildman–Crippen LogP) is 6.43. The summed E-state index contributed by atoms with van der Waals surface area (Å²) in [5.41, 5.74) is 2.79. The summed E-state index contributed by atoms with van der Waals surface area (Å²) in [5.74, 6) is -0.767. The lowest BCUT2D eigenvalue weighted by Crippen LogP contribution is -2.47. The molecule has 2 aromatic carbocycles. The topological polar surface area (TPSA) is 149 Å². The zero-order valence-electron chi connectivity index (χ0n) is 33.0. The molecular weight excluding hydrogens is 743 g/mol. The standard InChI is InChI=1S/C44H54F2N8O4/c45-36-25-32(48-38-17-18-39(55)51-43(38)58)13-16-35(36)27-19-22-53(23-20-27)33-14-11-30(12-15-33)49-42(57)28-7-9-31(10-8-28)50-44-47-26-37(46)41(52-44)29-4-3-5-34(24-29)54-21-2-1-6-40(54)56/h3-5,13,16,24-28,30-31,33,38,48H,1-2,6-12,14-15,17-23H2,(H,49,57)(H,47,50,52)(H,51,55,58). The first-order valence-corrected chi connectivity index (χ1v) is 21.3. The number of likely N-dealkylation sites (tertiary alicyclic amines) is 1. The number of nitrogens with zero attached hydrogens (tertiary/aromatic N) is 4. The number of piperidine rings is 3. The van der Waals surface area contributed by atoms with Crippen LogP contribution in [0.25, 0.3) is 11.3 Å². The molecule has 5 aliphatic rings. The molecule has 4 amide bonds. The second-order valence-electron chi connectivity index (χ2n) is 16.8. The van der Waals surface area contributed by atoms with Gasteiger partial charge < -0.3 is 25.8 Å². The van der Waals surface area contributed by atoms with Gasteiger partial charge >= 0.3 is 0 Å². The Kier molecular flexibility index (Phi) is 12.3. The van der Waals surface area contributed by atoms with Crippen LogP contribution >= 0.6 is 0 Å². The number of hydrogen-bond acceptors (Lipinski definition) is 9. The minimum Gasteiger partial charge on any atom is -0.374 e. The van der Waals surface area contributed by atoms with Crippen molar-refractivity contribution in [3.63, 3.8) is 0 Å². The molecule has 0 spiro atoms. The average Bonchev–Trinajstić information content (AvgIpc) is 3.23. The van der Waals surface area contributed by atoms with Crippen LogP contribution in [-0.2, 0) is 19.2 Å². The lowest BCUT2D eigenvalue weighted by Gasteiger charge is -2.41. The van der Waals surface area contributed by atoms with Gasteiger partial charge in [0.1, 0.15) is 17.6 Å². The highest BCUT2D eigenvalue weighted by Gasteiger charge is 2.33. The van der Waals surface area contributed by atoms with Crippen LogP contribution in [0.4, 0.5) is 26.1 Å². The van der Waals surface area contributed by atoms with E-state index in [1.165, 1.54) is 12.3 Å². The van der Waals surface area contributed by atoms with Crippen molar-refractivity contribution in [2.75, 3.05) is 35.2 Å². The minimum atomic E-state index is -0.547. The Morgan fingerprint density at radius 1 is 0.776 bits per heavy atom. The lowest BCUT2D eigenvalue weighted by atomic mass is 9.83. The normalized spacial score (nSPS) is 26.2. The molecule has 2 saturated carbocycles. The number of nitrogens with one attached hydrogen (secondary N) is 4. The third-order valence-corrected chi connectivity index (χ3v) is 13.0. The van der Waals surface area contributed by atoms with Crippen molar-refractivity contribution in [3.05, 3.63) is 65.9 Å². The van der Waals surface area contributed by atoms with Crippen LogP contribution in [0, 0.1) is 17.6 Å². The predicted molar refractivity (Wildman–Crippen MR) is 217 cm³/mol. The Morgan fingerprint density at radius 2 is 1.55 bits per heavy atom. The molecular formula is C44H54F2N8O4. The van der Waals surface area contributed by atoms with E-state index >= 15 is 4.39 Å². The van der Waals surface area contributed by atoms with Crippen LogP contribution in [0.1, 0.15) is 108 Å². The van der Waals surface area contributed by atoms with E-state index in [1.807, 2.05) is 30.3 Å². The van der Waals surface area contributed by atoms with Gasteiger partial charge in [-0.25, -0.2) is 18.7 Å². The summed E-state index contributed by atoms with van der Waals surface area (Å²) in [6, 6.07) is 12.6. The van der Waals surface area contributed by atoms with Gasteiger partial charge in [-0.05, 0) is 132 Å². The maximum absolute atomic E-state index is 15.3. The lowest BCUT2D eigenvalue weighted by molar-refractivity contribution is -0.133. The molecule has 2 aliphatic carbocycles. The Balaban J connectivity index is 0.754. The van der Waals surface area contributed by atoms with E-state index in [0.29, 0.717) is 48.2 Å². The number of carbonyl (C=O) groups excluding carboxylic acids is 4. The van der Waals surface area contributed by atoms with Crippen LogP contribution in [0.2, 0.25) is 0 Å². The SMILES string of the molecule is O=C1CCC(Nc2ccc(C3CCN(C4CCC(NC(=O)C5CCC(Nc6ncc(F)c(-c7cccc(N8CCCCC8=O)c7)n6)CC5)CC4)CC3)c(F)c2)C(=O)N1. The number of benzene rings is 2.